The van der Waals surface area contributed by atoms with Crippen molar-refractivity contribution in [2.75, 3.05) is 5.32 Å². The molecule has 70 valence electrons. The molecule has 3 N–H and O–H groups in total. The van der Waals surface area contributed by atoms with Crippen LogP contribution in [0.4, 0.5) is 10.6 Å². The molecule has 0 radical (unpaired) electrons. The Balaban J connectivity index is 2.92. The van der Waals surface area contributed by atoms with Gasteiger partial charge >= 0.3 is 6.09 Å². The van der Waals surface area contributed by atoms with Gasteiger partial charge in [-0.05, 0) is 28.1 Å². The van der Waals surface area contributed by atoms with E-state index in [0.717, 1.165) is 0 Å². The summed E-state index contributed by atoms with van der Waals surface area (Å²) in [6.07, 6.45) is -1.18. The number of halogens is 1. The smallest absolute Gasteiger partial charge is 0.410 e. The van der Waals surface area contributed by atoms with Crippen molar-refractivity contribution >= 4 is 27.8 Å². The molecule has 0 unspecified atom stereocenters. The van der Waals surface area contributed by atoms with Gasteiger partial charge in [-0.15, -0.1) is 0 Å². The van der Waals surface area contributed by atoms with E-state index in [2.05, 4.69) is 26.2 Å². The van der Waals surface area contributed by atoms with Gasteiger partial charge in [0.2, 0.25) is 0 Å². The zero-order valence-corrected chi connectivity index (χ0v) is 8.08. The molecule has 0 aromatic carbocycles. The zero-order chi connectivity index (χ0) is 9.84. The van der Waals surface area contributed by atoms with Crippen LogP contribution in [-0.4, -0.2) is 21.3 Å². The Morgan fingerprint density at radius 1 is 1.62 bits per heavy atom. The lowest BCUT2D eigenvalue weighted by atomic mass is 10.3. The molecule has 0 aliphatic heterocycles. The summed E-state index contributed by atoms with van der Waals surface area (Å²) < 4.78 is 0.644. The maximum Gasteiger partial charge on any atom is 0.410 e. The number of hydrogen-bond donors (Lipinski definition) is 3. The van der Waals surface area contributed by atoms with Gasteiger partial charge in [0.25, 0.3) is 0 Å². The molecule has 0 spiro atoms. The summed E-state index contributed by atoms with van der Waals surface area (Å²) in [5.41, 5.74) is 0.395. The van der Waals surface area contributed by atoms with Crippen molar-refractivity contribution in [2.45, 2.75) is 6.61 Å². The first-order valence-corrected chi connectivity index (χ1v) is 4.19. The summed E-state index contributed by atoms with van der Waals surface area (Å²) in [5, 5.41) is 19.3. The third kappa shape index (κ3) is 2.67. The second-order valence-corrected chi connectivity index (χ2v) is 3.07. The Morgan fingerprint density at radius 2 is 2.31 bits per heavy atom. The van der Waals surface area contributed by atoms with Crippen LogP contribution < -0.4 is 5.32 Å². The fraction of sp³-hybridized carbons (Fsp3) is 0.143. The summed E-state index contributed by atoms with van der Waals surface area (Å²) >= 11 is 3.16. The number of carbonyl (C=O) groups is 1. The van der Waals surface area contributed by atoms with Gasteiger partial charge in [0.05, 0.1) is 12.3 Å². The van der Waals surface area contributed by atoms with Gasteiger partial charge in [-0.25, -0.2) is 9.78 Å². The fourth-order valence-corrected chi connectivity index (χ4v) is 1.12. The van der Waals surface area contributed by atoms with E-state index < -0.39 is 6.09 Å². The maximum absolute atomic E-state index is 10.2. The van der Waals surface area contributed by atoms with Crippen molar-refractivity contribution in [3.8, 4) is 0 Å². The van der Waals surface area contributed by atoms with E-state index in [1.807, 2.05) is 0 Å². The highest BCUT2D eigenvalue weighted by Crippen LogP contribution is 2.17. The van der Waals surface area contributed by atoms with Crippen LogP contribution in [0.2, 0.25) is 0 Å². The second kappa shape index (κ2) is 4.20. The van der Waals surface area contributed by atoms with Gasteiger partial charge < -0.3 is 10.2 Å². The van der Waals surface area contributed by atoms with Crippen LogP contribution in [0.15, 0.2) is 16.6 Å². The number of carboxylic acid groups (broad SMARTS) is 1. The number of nitrogens with one attached hydrogen (secondary N) is 1. The Morgan fingerprint density at radius 3 is 2.85 bits per heavy atom. The molecule has 1 heterocycles. The molecular weight excluding hydrogens is 240 g/mol. The largest absolute Gasteiger partial charge is 0.465 e. The highest BCUT2D eigenvalue weighted by Gasteiger charge is 2.03. The van der Waals surface area contributed by atoms with Crippen LogP contribution in [0.1, 0.15) is 5.69 Å². The van der Waals surface area contributed by atoms with Gasteiger partial charge in [0, 0.05) is 4.47 Å². The molecule has 1 aromatic heterocycles. The number of aliphatic hydroxyl groups excluding tert-OH is 1. The molecule has 0 fully saturated rings. The predicted octanol–water partition coefficient (Wildman–Crippen LogP) is 1.43. The van der Waals surface area contributed by atoms with E-state index >= 15 is 0 Å². The number of anilines is 1. The van der Waals surface area contributed by atoms with Gasteiger partial charge in [-0.3, -0.25) is 5.32 Å². The first-order valence-electron chi connectivity index (χ1n) is 3.39. The molecule has 0 saturated heterocycles. The molecule has 0 aliphatic rings. The van der Waals surface area contributed by atoms with Crippen LogP contribution in [-0.2, 0) is 6.61 Å². The van der Waals surface area contributed by atoms with Crippen molar-refractivity contribution in [3.05, 3.63) is 22.3 Å². The lowest BCUT2D eigenvalue weighted by Gasteiger charge is -2.03. The van der Waals surface area contributed by atoms with Crippen LogP contribution in [0.3, 0.4) is 0 Å². The lowest BCUT2D eigenvalue weighted by molar-refractivity contribution is 0.209. The van der Waals surface area contributed by atoms with Crippen molar-refractivity contribution < 1.29 is 15.0 Å². The van der Waals surface area contributed by atoms with E-state index in [-0.39, 0.29) is 12.4 Å². The SMILES string of the molecule is O=C(O)Nc1ccc(Br)c(CO)n1. The number of aliphatic hydroxyl groups is 1. The summed E-state index contributed by atoms with van der Waals surface area (Å²) in [6, 6.07) is 3.11. The number of amides is 1. The summed E-state index contributed by atoms with van der Waals surface area (Å²) in [7, 11) is 0. The fourth-order valence-electron chi connectivity index (χ4n) is 0.774. The highest BCUT2D eigenvalue weighted by molar-refractivity contribution is 9.10. The highest BCUT2D eigenvalue weighted by atomic mass is 79.9. The average molecular weight is 247 g/mol. The third-order valence-electron chi connectivity index (χ3n) is 1.30. The van der Waals surface area contributed by atoms with Crippen molar-refractivity contribution in [1.29, 1.82) is 0 Å². The second-order valence-electron chi connectivity index (χ2n) is 2.21. The normalized spacial score (nSPS) is 9.69. The standard InChI is InChI=1S/C7H7BrN2O3/c8-4-1-2-6(10-7(12)13)9-5(4)3-11/h1-2,11H,3H2,(H,9,10)(H,12,13). The zero-order valence-electron chi connectivity index (χ0n) is 6.49. The van der Waals surface area contributed by atoms with E-state index in [0.29, 0.717) is 10.2 Å². The van der Waals surface area contributed by atoms with Crippen LogP contribution in [0, 0.1) is 0 Å². The molecule has 13 heavy (non-hydrogen) atoms. The topological polar surface area (TPSA) is 82.5 Å². The third-order valence-corrected chi connectivity index (χ3v) is 2.03. The van der Waals surface area contributed by atoms with Crippen LogP contribution in [0.25, 0.3) is 0 Å². The Labute approximate surface area is 82.5 Å². The van der Waals surface area contributed by atoms with Crippen molar-refractivity contribution in [1.82, 2.24) is 4.98 Å². The summed E-state index contributed by atoms with van der Waals surface area (Å²) in [6.45, 7) is -0.240. The van der Waals surface area contributed by atoms with Gasteiger partial charge in [0.1, 0.15) is 5.82 Å². The first-order chi connectivity index (χ1) is 6.13. The summed E-state index contributed by atoms with van der Waals surface area (Å²) in [4.78, 5) is 14.1. The minimum absolute atomic E-state index is 0.194. The predicted molar refractivity (Wildman–Crippen MR) is 49.5 cm³/mol. The molecule has 1 rings (SSSR count). The molecule has 1 amide bonds. The van der Waals surface area contributed by atoms with E-state index in [1.54, 1.807) is 6.07 Å². The van der Waals surface area contributed by atoms with Crippen molar-refractivity contribution in [2.24, 2.45) is 0 Å². The molecule has 6 heteroatoms. The Kier molecular flexibility index (Phi) is 3.21. The number of hydrogen-bond acceptors (Lipinski definition) is 3. The quantitative estimate of drug-likeness (QED) is 0.738. The van der Waals surface area contributed by atoms with Gasteiger partial charge in [-0.2, -0.15) is 0 Å². The van der Waals surface area contributed by atoms with E-state index in [9.17, 15) is 4.79 Å². The lowest BCUT2D eigenvalue weighted by Crippen LogP contribution is -2.09. The maximum atomic E-state index is 10.2. The minimum atomic E-state index is -1.18. The molecule has 0 bridgehead atoms. The van der Waals surface area contributed by atoms with E-state index in [4.69, 9.17) is 10.2 Å². The van der Waals surface area contributed by atoms with Gasteiger partial charge in [-0.1, -0.05) is 0 Å². The molecular formula is C7H7BrN2O3. The number of pyridine rings is 1. The van der Waals surface area contributed by atoms with Gasteiger partial charge in [0.15, 0.2) is 0 Å². The van der Waals surface area contributed by atoms with Crippen LogP contribution >= 0.6 is 15.9 Å². The molecule has 1 aromatic rings. The first kappa shape index (κ1) is 9.94. The number of rotatable bonds is 2. The molecule has 5 nitrogen and oxygen atoms in total. The number of aromatic nitrogens is 1. The average Bonchev–Trinajstić information content (AvgIpc) is 2.07. The van der Waals surface area contributed by atoms with Crippen LogP contribution in [0.5, 0.6) is 0 Å². The number of nitrogens with zero attached hydrogens (tertiary/aromatic N) is 1. The minimum Gasteiger partial charge on any atom is -0.465 e. The molecule has 0 atom stereocenters. The monoisotopic (exact) mass is 246 g/mol. The summed E-state index contributed by atoms with van der Waals surface area (Å²) in [5.74, 6) is 0.194. The van der Waals surface area contributed by atoms with Crippen molar-refractivity contribution in [3.63, 3.8) is 0 Å². The van der Waals surface area contributed by atoms with E-state index in [1.165, 1.54) is 6.07 Å². The molecule has 0 saturated carbocycles. The molecule has 0 aliphatic carbocycles. The Bertz CT molecular complexity index is 330. The Hall–Kier alpha value is -1.14.